The fraction of sp³-hybridized carbons (Fsp3) is 0.409. The number of hydrogen-bond donors (Lipinski definition) is 3. The minimum atomic E-state index is -3.58. The number of methoxy groups -OCH3 is 1. The fourth-order valence-corrected chi connectivity index (χ4v) is 4.34. The number of hydrogen-bond acceptors (Lipinski definition) is 7. The third kappa shape index (κ3) is 5.14. The number of H-pyrrole nitrogens is 1. The van der Waals surface area contributed by atoms with E-state index in [1.54, 1.807) is 18.3 Å². The molecule has 3 aromatic rings. The van der Waals surface area contributed by atoms with Crippen molar-refractivity contribution in [1.29, 1.82) is 0 Å². The highest BCUT2D eigenvalue weighted by Gasteiger charge is 2.29. The predicted octanol–water partition coefficient (Wildman–Crippen LogP) is 3.54. The number of nitrogens with one attached hydrogen (secondary N) is 3. The molecule has 2 aromatic heterocycles. The van der Waals surface area contributed by atoms with Crippen molar-refractivity contribution in [2.24, 2.45) is 0 Å². The molecule has 0 unspecified atom stereocenters. The second-order valence-corrected chi connectivity index (χ2v) is 9.89. The summed E-state index contributed by atoms with van der Waals surface area (Å²) in [7, 11) is -2.06. The molecule has 4 rings (SSSR count). The molecule has 0 radical (unpaired) electrons. The van der Waals surface area contributed by atoms with Gasteiger partial charge in [0.2, 0.25) is 16.0 Å². The average molecular weight is 457 g/mol. The van der Waals surface area contributed by atoms with Crippen LogP contribution in [0.3, 0.4) is 0 Å². The van der Waals surface area contributed by atoms with Gasteiger partial charge in [-0.3, -0.25) is 0 Å². The first-order valence-corrected chi connectivity index (χ1v) is 12.1. The maximum Gasteiger partial charge on any atom is 0.240 e. The average Bonchev–Trinajstić information content (AvgIpc) is 3.52. The zero-order valence-electron chi connectivity index (χ0n) is 18.4. The minimum absolute atomic E-state index is 0.180. The van der Waals surface area contributed by atoms with Crippen molar-refractivity contribution in [1.82, 2.24) is 24.7 Å². The summed E-state index contributed by atoms with van der Waals surface area (Å²) in [5, 5.41) is 3.14. The fourth-order valence-electron chi connectivity index (χ4n) is 3.33. The van der Waals surface area contributed by atoms with Crippen LogP contribution >= 0.6 is 0 Å². The number of ether oxygens (including phenoxy) is 1. The summed E-state index contributed by atoms with van der Waals surface area (Å²) in [6, 6.07) is 8.29. The Morgan fingerprint density at radius 3 is 2.56 bits per heavy atom. The lowest BCUT2D eigenvalue weighted by Gasteiger charge is -2.09. The van der Waals surface area contributed by atoms with Crippen molar-refractivity contribution >= 4 is 21.7 Å². The maximum absolute atomic E-state index is 12.3. The molecule has 0 amide bonds. The number of benzene rings is 1. The minimum Gasteiger partial charge on any atom is -0.383 e. The molecule has 1 aliphatic rings. The van der Waals surface area contributed by atoms with Crippen molar-refractivity contribution in [3.8, 4) is 11.4 Å². The molecule has 0 bridgehead atoms. The number of sulfonamides is 1. The largest absolute Gasteiger partial charge is 0.383 e. The molecule has 10 heteroatoms. The zero-order valence-corrected chi connectivity index (χ0v) is 19.2. The van der Waals surface area contributed by atoms with Crippen LogP contribution in [0.2, 0.25) is 0 Å². The zero-order chi connectivity index (χ0) is 22.7. The van der Waals surface area contributed by atoms with E-state index < -0.39 is 10.0 Å². The topological polar surface area (TPSA) is 122 Å². The van der Waals surface area contributed by atoms with Crippen LogP contribution in [0, 0.1) is 0 Å². The predicted molar refractivity (Wildman–Crippen MR) is 122 cm³/mol. The summed E-state index contributed by atoms with van der Waals surface area (Å²) in [5.74, 6) is 2.28. The summed E-state index contributed by atoms with van der Waals surface area (Å²) in [6.45, 7) is 4.79. The Hall–Kier alpha value is -2.82. The first-order valence-electron chi connectivity index (χ1n) is 10.7. The van der Waals surface area contributed by atoms with Crippen LogP contribution in [0.1, 0.15) is 50.0 Å². The van der Waals surface area contributed by atoms with Crippen molar-refractivity contribution in [3.63, 3.8) is 0 Å². The standard InChI is InChI=1S/C22H28N6O3S/c1-14(2)19-20(28-21(27-19)15-4-5-15)18-10-11-23-22(26-18)25-16-6-8-17(9-7-16)32(29,30)24-12-13-31-3/h6-11,14-15,24H,4-5,12-13H2,1-3H3,(H,27,28)(H,23,25,26). The van der Waals surface area contributed by atoms with E-state index in [4.69, 9.17) is 9.72 Å². The summed E-state index contributed by atoms with van der Waals surface area (Å²) < 4.78 is 32.0. The number of nitrogens with zero attached hydrogens (tertiary/aromatic N) is 3. The molecule has 1 saturated carbocycles. The van der Waals surface area contributed by atoms with E-state index in [9.17, 15) is 8.42 Å². The van der Waals surface area contributed by atoms with Crippen molar-refractivity contribution in [2.45, 2.75) is 43.4 Å². The quantitative estimate of drug-likeness (QED) is 0.399. The molecule has 3 N–H and O–H groups in total. The molecule has 0 aliphatic heterocycles. The Morgan fingerprint density at radius 2 is 1.91 bits per heavy atom. The van der Waals surface area contributed by atoms with Crippen LogP contribution < -0.4 is 10.0 Å². The van der Waals surface area contributed by atoms with E-state index in [1.165, 1.54) is 32.1 Å². The molecule has 32 heavy (non-hydrogen) atoms. The summed E-state index contributed by atoms with van der Waals surface area (Å²) >= 11 is 0. The molecular formula is C22H28N6O3S. The van der Waals surface area contributed by atoms with Gasteiger partial charge in [0, 0.05) is 37.2 Å². The Bertz CT molecular complexity index is 1170. The van der Waals surface area contributed by atoms with Gasteiger partial charge in [0.1, 0.15) is 11.5 Å². The first-order chi connectivity index (χ1) is 15.4. The number of rotatable bonds is 10. The third-order valence-electron chi connectivity index (χ3n) is 5.21. The van der Waals surface area contributed by atoms with Crippen LogP contribution in [0.4, 0.5) is 11.6 Å². The molecule has 0 atom stereocenters. The van der Waals surface area contributed by atoms with Crippen molar-refractivity contribution < 1.29 is 13.2 Å². The lowest BCUT2D eigenvalue weighted by Crippen LogP contribution is -2.27. The van der Waals surface area contributed by atoms with Gasteiger partial charge in [-0.25, -0.2) is 28.1 Å². The van der Waals surface area contributed by atoms with E-state index in [0.29, 0.717) is 30.1 Å². The van der Waals surface area contributed by atoms with E-state index in [1.807, 2.05) is 6.07 Å². The molecule has 1 aromatic carbocycles. The molecule has 0 spiro atoms. The molecule has 170 valence electrons. The highest BCUT2D eigenvalue weighted by molar-refractivity contribution is 7.89. The van der Waals surface area contributed by atoms with Gasteiger partial charge >= 0.3 is 0 Å². The number of imidazole rings is 1. The third-order valence-corrected chi connectivity index (χ3v) is 6.69. The van der Waals surface area contributed by atoms with Gasteiger partial charge in [0.25, 0.3) is 0 Å². The summed E-state index contributed by atoms with van der Waals surface area (Å²) in [6.07, 6.45) is 4.04. The highest BCUT2D eigenvalue weighted by Crippen LogP contribution is 2.40. The van der Waals surface area contributed by atoms with Gasteiger partial charge in [0.05, 0.1) is 17.2 Å². The summed E-state index contributed by atoms with van der Waals surface area (Å²) in [5.41, 5.74) is 3.36. The second kappa shape index (κ2) is 9.35. The maximum atomic E-state index is 12.3. The smallest absolute Gasteiger partial charge is 0.240 e. The van der Waals surface area contributed by atoms with Gasteiger partial charge in [0.15, 0.2) is 0 Å². The Balaban J connectivity index is 1.51. The number of anilines is 2. The highest BCUT2D eigenvalue weighted by atomic mass is 32.2. The van der Waals surface area contributed by atoms with Gasteiger partial charge in [-0.05, 0) is 49.1 Å². The van der Waals surface area contributed by atoms with E-state index in [-0.39, 0.29) is 11.4 Å². The molecule has 9 nitrogen and oxygen atoms in total. The first kappa shape index (κ1) is 22.4. The molecule has 0 saturated heterocycles. The van der Waals surface area contributed by atoms with Crippen LogP contribution in [-0.4, -0.2) is 48.6 Å². The lowest BCUT2D eigenvalue weighted by molar-refractivity contribution is 0.204. The van der Waals surface area contributed by atoms with Crippen molar-refractivity contribution in [2.75, 3.05) is 25.6 Å². The SMILES string of the molecule is COCCNS(=O)(=O)c1ccc(Nc2nccc(-c3nc(C4CC4)[nH]c3C(C)C)n2)cc1. The van der Waals surface area contributed by atoms with Crippen molar-refractivity contribution in [3.05, 3.63) is 48.0 Å². The number of aromatic amines is 1. The van der Waals surface area contributed by atoms with Gasteiger partial charge in [-0.2, -0.15) is 0 Å². The second-order valence-electron chi connectivity index (χ2n) is 8.12. The van der Waals surface area contributed by atoms with Gasteiger partial charge in [-0.15, -0.1) is 0 Å². The normalized spacial score (nSPS) is 14.1. The summed E-state index contributed by atoms with van der Waals surface area (Å²) in [4.78, 5) is 17.4. The Kier molecular flexibility index (Phi) is 6.54. The molecule has 1 fully saturated rings. The van der Waals surface area contributed by atoms with E-state index in [2.05, 4.69) is 38.8 Å². The molecule has 2 heterocycles. The monoisotopic (exact) mass is 456 g/mol. The lowest BCUT2D eigenvalue weighted by atomic mass is 10.1. The van der Waals surface area contributed by atoms with Crippen LogP contribution in [-0.2, 0) is 14.8 Å². The van der Waals surface area contributed by atoms with Crippen LogP contribution in [0.25, 0.3) is 11.4 Å². The number of aromatic nitrogens is 4. The van der Waals surface area contributed by atoms with Crippen LogP contribution in [0.5, 0.6) is 0 Å². The molecule has 1 aliphatic carbocycles. The van der Waals surface area contributed by atoms with E-state index >= 15 is 0 Å². The Morgan fingerprint density at radius 1 is 1.16 bits per heavy atom. The van der Waals surface area contributed by atoms with Gasteiger partial charge < -0.3 is 15.0 Å². The van der Waals surface area contributed by atoms with E-state index in [0.717, 1.165) is 22.9 Å². The Labute approximate surface area is 188 Å². The molecular weight excluding hydrogens is 428 g/mol. The van der Waals surface area contributed by atoms with Crippen LogP contribution in [0.15, 0.2) is 41.4 Å². The van der Waals surface area contributed by atoms with Gasteiger partial charge in [-0.1, -0.05) is 13.8 Å².